The molecule has 1 aromatic carbocycles. The molecule has 1 atom stereocenters. The smallest absolute Gasteiger partial charge is 0.245 e. The number of likely N-dealkylation sites (tertiary alicyclic amines) is 1. The Morgan fingerprint density at radius 3 is 2.75 bits per heavy atom. The van der Waals surface area contributed by atoms with E-state index in [1.54, 1.807) is 4.90 Å². The standard InChI is InChI=1S/C19H27N3O2/c1-3-4-6-9-15(2)20-21-19(24)17-12-18(23)22(14-17)13-16-10-7-5-8-11-16/h5,7-8,10-11,17H,3-4,6,9,12-14H2,1-2H3,(H,21,24)/b20-15+. The number of carbonyl (C=O) groups is 2. The second-order valence-corrected chi connectivity index (χ2v) is 6.44. The highest BCUT2D eigenvalue weighted by Crippen LogP contribution is 2.20. The molecule has 0 aromatic heterocycles. The number of nitrogens with zero attached hydrogens (tertiary/aromatic N) is 2. The zero-order valence-electron chi connectivity index (χ0n) is 14.6. The molecule has 1 unspecified atom stereocenters. The average Bonchev–Trinajstić information content (AvgIpc) is 2.95. The summed E-state index contributed by atoms with van der Waals surface area (Å²) in [6, 6.07) is 9.84. The topological polar surface area (TPSA) is 61.8 Å². The van der Waals surface area contributed by atoms with Gasteiger partial charge in [-0.05, 0) is 25.3 Å². The van der Waals surface area contributed by atoms with Gasteiger partial charge in [-0.3, -0.25) is 9.59 Å². The Morgan fingerprint density at radius 2 is 2.04 bits per heavy atom. The second-order valence-electron chi connectivity index (χ2n) is 6.44. The van der Waals surface area contributed by atoms with E-state index in [1.165, 1.54) is 12.8 Å². The molecule has 0 aliphatic carbocycles. The van der Waals surface area contributed by atoms with Crippen molar-refractivity contribution in [3.8, 4) is 0 Å². The van der Waals surface area contributed by atoms with Gasteiger partial charge in [-0.25, -0.2) is 5.43 Å². The Hall–Kier alpha value is -2.17. The summed E-state index contributed by atoms with van der Waals surface area (Å²) in [7, 11) is 0. The van der Waals surface area contributed by atoms with Crippen molar-refractivity contribution in [2.45, 2.75) is 52.5 Å². The summed E-state index contributed by atoms with van der Waals surface area (Å²) in [5, 5.41) is 4.16. The van der Waals surface area contributed by atoms with E-state index >= 15 is 0 Å². The van der Waals surface area contributed by atoms with Crippen molar-refractivity contribution < 1.29 is 9.59 Å². The van der Waals surface area contributed by atoms with E-state index in [1.807, 2.05) is 37.3 Å². The van der Waals surface area contributed by atoms with Gasteiger partial charge in [0.05, 0.1) is 5.92 Å². The molecular weight excluding hydrogens is 302 g/mol. The predicted octanol–water partition coefficient (Wildman–Crippen LogP) is 3.11. The minimum Gasteiger partial charge on any atom is -0.338 e. The lowest BCUT2D eigenvalue weighted by molar-refractivity contribution is -0.129. The monoisotopic (exact) mass is 329 g/mol. The molecule has 1 aromatic rings. The van der Waals surface area contributed by atoms with Crippen molar-refractivity contribution in [1.29, 1.82) is 0 Å². The largest absolute Gasteiger partial charge is 0.338 e. The number of hydrazone groups is 1. The molecule has 1 aliphatic heterocycles. The third-order valence-electron chi connectivity index (χ3n) is 4.30. The normalized spacial score (nSPS) is 18.1. The van der Waals surface area contributed by atoms with Crippen LogP contribution in [0.5, 0.6) is 0 Å². The van der Waals surface area contributed by atoms with Crippen LogP contribution in [0.1, 0.15) is 51.5 Å². The van der Waals surface area contributed by atoms with Gasteiger partial charge in [-0.2, -0.15) is 5.10 Å². The van der Waals surface area contributed by atoms with Crippen LogP contribution in [0.15, 0.2) is 35.4 Å². The van der Waals surface area contributed by atoms with E-state index in [0.717, 1.165) is 24.1 Å². The van der Waals surface area contributed by atoms with Crippen LogP contribution in [-0.2, 0) is 16.1 Å². The third-order valence-corrected chi connectivity index (χ3v) is 4.30. The van der Waals surface area contributed by atoms with Crippen LogP contribution in [0.2, 0.25) is 0 Å². The molecule has 0 spiro atoms. The Labute approximate surface area is 144 Å². The maximum Gasteiger partial charge on any atom is 0.245 e. The summed E-state index contributed by atoms with van der Waals surface area (Å²) in [5.41, 5.74) is 4.64. The van der Waals surface area contributed by atoms with E-state index in [2.05, 4.69) is 17.5 Å². The van der Waals surface area contributed by atoms with Crippen molar-refractivity contribution in [2.24, 2.45) is 11.0 Å². The van der Waals surface area contributed by atoms with Gasteiger partial charge in [0.15, 0.2) is 0 Å². The van der Waals surface area contributed by atoms with Gasteiger partial charge in [0.25, 0.3) is 0 Å². The zero-order valence-corrected chi connectivity index (χ0v) is 14.6. The number of hydrogen-bond acceptors (Lipinski definition) is 3. The van der Waals surface area contributed by atoms with Crippen LogP contribution >= 0.6 is 0 Å². The van der Waals surface area contributed by atoms with Crippen LogP contribution < -0.4 is 5.43 Å². The zero-order chi connectivity index (χ0) is 17.4. The fraction of sp³-hybridized carbons (Fsp3) is 0.526. The van der Waals surface area contributed by atoms with Gasteiger partial charge in [0.2, 0.25) is 11.8 Å². The van der Waals surface area contributed by atoms with Crippen molar-refractivity contribution >= 4 is 17.5 Å². The molecule has 0 radical (unpaired) electrons. The number of rotatable bonds is 8. The minimum atomic E-state index is -0.312. The summed E-state index contributed by atoms with van der Waals surface area (Å²) in [6.07, 6.45) is 4.60. The second kappa shape index (κ2) is 9.21. The lowest BCUT2D eigenvalue weighted by Crippen LogP contribution is -2.30. The van der Waals surface area contributed by atoms with E-state index in [-0.39, 0.29) is 24.2 Å². The summed E-state index contributed by atoms with van der Waals surface area (Å²) in [5.74, 6) is -0.440. The summed E-state index contributed by atoms with van der Waals surface area (Å²) in [4.78, 5) is 26.1. The SMILES string of the molecule is CCCCC/C(C)=N/NC(=O)C1CC(=O)N(Cc2ccccc2)C1. The van der Waals surface area contributed by atoms with Gasteiger partial charge in [0, 0.05) is 25.2 Å². The highest BCUT2D eigenvalue weighted by Gasteiger charge is 2.34. The Morgan fingerprint density at radius 1 is 1.29 bits per heavy atom. The van der Waals surface area contributed by atoms with Crippen molar-refractivity contribution in [1.82, 2.24) is 10.3 Å². The highest BCUT2D eigenvalue weighted by atomic mass is 16.2. The van der Waals surface area contributed by atoms with Crippen LogP contribution in [-0.4, -0.2) is 29.0 Å². The molecular formula is C19H27N3O2. The van der Waals surface area contributed by atoms with Crippen LogP contribution in [0.25, 0.3) is 0 Å². The highest BCUT2D eigenvalue weighted by molar-refractivity contribution is 5.90. The number of nitrogens with one attached hydrogen (secondary N) is 1. The predicted molar refractivity (Wildman–Crippen MR) is 95.4 cm³/mol. The molecule has 1 fully saturated rings. The van der Waals surface area contributed by atoms with E-state index < -0.39 is 0 Å². The van der Waals surface area contributed by atoms with Crippen LogP contribution in [0.3, 0.4) is 0 Å². The van der Waals surface area contributed by atoms with Crippen LogP contribution in [0, 0.1) is 5.92 Å². The van der Waals surface area contributed by atoms with E-state index in [0.29, 0.717) is 13.1 Å². The first-order valence-electron chi connectivity index (χ1n) is 8.75. The van der Waals surface area contributed by atoms with Gasteiger partial charge in [-0.1, -0.05) is 50.1 Å². The Balaban J connectivity index is 1.81. The van der Waals surface area contributed by atoms with E-state index in [9.17, 15) is 9.59 Å². The van der Waals surface area contributed by atoms with Gasteiger partial charge < -0.3 is 4.90 Å². The third kappa shape index (κ3) is 5.48. The van der Waals surface area contributed by atoms with Crippen molar-refractivity contribution in [2.75, 3.05) is 6.54 Å². The number of amides is 2. The van der Waals surface area contributed by atoms with Crippen molar-refractivity contribution in [3.63, 3.8) is 0 Å². The quantitative estimate of drug-likeness (QED) is 0.452. The average molecular weight is 329 g/mol. The number of unbranched alkanes of at least 4 members (excludes halogenated alkanes) is 2. The molecule has 24 heavy (non-hydrogen) atoms. The molecule has 1 saturated heterocycles. The number of carbonyl (C=O) groups excluding carboxylic acids is 2. The molecule has 2 rings (SSSR count). The summed E-state index contributed by atoms with van der Waals surface area (Å²) < 4.78 is 0. The fourth-order valence-electron chi connectivity index (χ4n) is 2.83. The molecule has 2 amide bonds. The maximum absolute atomic E-state index is 12.2. The first-order valence-corrected chi connectivity index (χ1v) is 8.75. The summed E-state index contributed by atoms with van der Waals surface area (Å²) >= 11 is 0. The summed E-state index contributed by atoms with van der Waals surface area (Å²) in [6.45, 7) is 5.11. The van der Waals surface area contributed by atoms with Crippen molar-refractivity contribution in [3.05, 3.63) is 35.9 Å². The maximum atomic E-state index is 12.2. The van der Waals surface area contributed by atoms with E-state index in [4.69, 9.17) is 0 Å². The lowest BCUT2D eigenvalue weighted by Gasteiger charge is -2.16. The van der Waals surface area contributed by atoms with Gasteiger partial charge in [0.1, 0.15) is 0 Å². The molecule has 1 heterocycles. The minimum absolute atomic E-state index is 0.0302. The molecule has 1 aliphatic rings. The first-order chi connectivity index (χ1) is 11.6. The van der Waals surface area contributed by atoms with Gasteiger partial charge in [-0.15, -0.1) is 0 Å². The molecule has 5 nitrogen and oxygen atoms in total. The molecule has 0 saturated carbocycles. The number of hydrogen-bond donors (Lipinski definition) is 1. The van der Waals surface area contributed by atoms with Gasteiger partial charge >= 0.3 is 0 Å². The molecule has 130 valence electrons. The molecule has 5 heteroatoms. The lowest BCUT2D eigenvalue weighted by atomic mass is 10.1. The Bertz CT molecular complexity index is 584. The first kappa shape index (κ1) is 18.2. The molecule has 1 N–H and O–H groups in total. The van der Waals surface area contributed by atoms with Crippen LogP contribution in [0.4, 0.5) is 0 Å². The fourth-order valence-corrected chi connectivity index (χ4v) is 2.83. The Kier molecular flexibility index (Phi) is 6.97. The number of benzene rings is 1. The molecule has 0 bridgehead atoms.